The van der Waals surface area contributed by atoms with E-state index < -0.39 is 11.9 Å². The Morgan fingerprint density at radius 1 is 0.597 bits per heavy atom. The number of aryl methyl sites for hydroxylation is 2. The Hall–Kier alpha value is -7.43. The summed E-state index contributed by atoms with van der Waals surface area (Å²) in [5.74, 6) is 1.47. The standard InChI is InChI=1S/C57H54O10/c1-38(2)55(59)63-31-8-29-61-48-22-20-44-34-40(15-18-46(44)36-48)10-7-33-65-67-51-14-6-12-43-26-28-57(54(43)51)27-25-42-11-5-13-50(53(42)57)66-52(58)24-17-41-16-19-47-37-49(23-21-45(47)35-41)62-30-9-32-64-56(60)39(3)4/h5-7,10-24,34-37H,1,3,8-9,25-33H2,2,4H3. The van der Waals surface area contributed by atoms with Gasteiger partial charge in [-0.1, -0.05) is 86.0 Å². The van der Waals surface area contributed by atoms with E-state index in [9.17, 15) is 14.4 Å². The van der Waals surface area contributed by atoms with Gasteiger partial charge in [0, 0.05) is 46.6 Å². The van der Waals surface area contributed by atoms with Gasteiger partial charge in [0.1, 0.15) is 23.9 Å². The van der Waals surface area contributed by atoms with Gasteiger partial charge in [0.05, 0.1) is 26.4 Å². The summed E-state index contributed by atoms with van der Waals surface area (Å²) in [6.07, 6.45) is 11.8. The molecule has 1 unspecified atom stereocenters. The fraction of sp³-hybridized carbons (Fsp3) is 0.246. The molecule has 1 atom stereocenters. The third kappa shape index (κ3) is 11.2. The summed E-state index contributed by atoms with van der Waals surface area (Å²) in [4.78, 5) is 48.5. The Morgan fingerprint density at radius 2 is 1.10 bits per heavy atom. The molecule has 10 heteroatoms. The van der Waals surface area contributed by atoms with Gasteiger partial charge in [-0.05, 0) is 138 Å². The SMILES string of the molecule is C=C(C)C(=O)OCCCOc1ccc2cc(C=CCOOc3cccc4c3C3(CC4)CCc4cccc(OC(=O)C=Cc5ccc6cc(OCCCOC(=O)C(=C)C)ccc6c5)c43)ccc2c1. The first kappa shape index (κ1) is 46.1. The summed E-state index contributed by atoms with van der Waals surface area (Å²) in [6, 6.07) is 36.0. The Bertz CT molecular complexity index is 2900. The van der Waals surface area contributed by atoms with Crippen LogP contribution in [0.25, 0.3) is 33.7 Å². The van der Waals surface area contributed by atoms with Crippen LogP contribution < -0.4 is 19.1 Å². The Kier molecular flexibility index (Phi) is 14.6. The van der Waals surface area contributed by atoms with Crippen LogP contribution in [0.4, 0.5) is 0 Å². The van der Waals surface area contributed by atoms with Gasteiger partial charge in [0.15, 0.2) is 5.75 Å². The van der Waals surface area contributed by atoms with Crippen molar-refractivity contribution in [3.8, 4) is 23.0 Å². The number of carbonyl (C=O) groups excluding carboxylic acids is 3. The predicted molar refractivity (Wildman–Crippen MR) is 260 cm³/mol. The number of carbonyl (C=O) groups is 3. The molecule has 10 nitrogen and oxygen atoms in total. The zero-order valence-electron chi connectivity index (χ0n) is 38.0. The number of hydrogen-bond donors (Lipinski definition) is 0. The molecule has 342 valence electrons. The van der Waals surface area contributed by atoms with E-state index in [1.54, 1.807) is 19.9 Å². The molecule has 0 saturated carbocycles. The minimum atomic E-state index is -0.455. The smallest absolute Gasteiger partial charge is 0.336 e. The van der Waals surface area contributed by atoms with Crippen molar-refractivity contribution in [2.24, 2.45) is 0 Å². The molecule has 0 radical (unpaired) electrons. The van der Waals surface area contributed by atoms with Crippen molar-refractivity contribution in [2.75, 3.05) is 33.0 Å². The molecule has 6 aromatic rings. The molecule has 0 aliphatic heterocycles. The molecule has 0 heterocycles. The van der Waals surface area contributed by atoms with Gasteiger partial charge in [-0.3, -0.25) is 0 Å². The molecule has 1 spiro atoms. The Balaban J connectivity index is 0.862. The Morgan fingerprint density at radius 3 is 1.67 bits per heavy atom. The number of fused-ring (bicyclic) bond motifs is 6. The van der Waals surface area contributed by atoms with Crippen LogP contribution in [0, 0.1) is 0 Å². The first-order chi connectivity index (χ1) is 32.6. The molecule has 0 bridgehead atoms. The molecule has 0 aromatic heterocycles. The van der Waals surface area contributed by atoms with Crippen LogP contribution in [0.2, 0.25) is 0 Å². The van der Waals surface area contributed by atoms with Crippen LogP contribution >= 0.6 is 0 Å². The largest absolute Gasteiger partial charge is 0.493 e. The minimum absolute atomic E-state index is 0.235. The maximum absolute atomic E-state index is 13.5. The highest BCUT2D eigenvalue weighted by Gasteiger charge is 2.49. The van der Waals surface area contributed by atoms with Gasteiger partial charge >= 0.3 is 17.9 Å². The van der Waals surface area contributed by atoms with E-state index in [0.717, 1.165) is 81.0 Å². The third-order valence-corrected chi connectivity index (χ3v) is 12.0. The van der Waals surface area contributed by atoms with Crippen molar-refractivity contribution in [2.45, 2.75) is 57.8 Å². The number of ether oxygens (including phenoxy) is 5. The van der Waals surface area contributed by atoms with Crippen LogP contribution in [0.3, 0.4) is 0 Å². The van der Waals surface area contributed by atoms with Crippen molar-refractivity contribution >= 4 is 51.6 Å². The number of benzene rings is 6. The topological polar surface area (TPSA) is 116 Å². The zero-order valence-corrected chi connectivity index (χ0v) is 38.0. The van der Waals surface area contributed by atoms with E-state index in [4.69, 9.17) is 33.5 Å². The third-order valence-electron chi connectivity index (χ3n) is 12.0. The summed E-state index contributed by atoms with van der Waals surface area (Å²) in [5.41, 5.74) is 6.77. The fourth-order valence-electron chi connectivity index (χ4n) is 8.83. The second-order valence-corrected chi connectivity index (χ2v) is 17.0. The lowest BCUT2D eigenvalue weighted by molar-refractivity contribution is -0.196. The van der Waals surface area contributed by atoms with E-state index in [0.29, 0.717) is 48.7 Å². The molecule has 0 amide bonds. The molecule has 2 aliphatic rings. The molecule has 0 fully saturated rings. The van der Waals surface area contributed by atoms with Gasteiger partial charge in [0.25, 0.3) is 0 Å². The minimum Gasteiger partial charge on any atom is -0.493 e. The first-order valence-electron chi connectivity index (χ1n) is 22.7. The fourth-order valence-corrected chi connectivity index (χ4v) is 8.83. The van der Waals surface area contributed by atoms with Crippen LogP contribution in [0.15, 0.2) is 146 Å². The second kappa shape index (κ2) is 21.3. The summed E-state index contributed by atoms with van der Waals surface area (Å²) in [7, 11) is 0. The summed E-state index contributed by atoms with van der Waals surface area (Å²) >= 11 is 0. The van der Waals surface area contributed by atoms with E-state index in [1.807, 2.05) is 97.1 Å². The average molecular weight is 899 g/mol. The maximum Gasteiger partial charge on any atom is 0.336 e. The molecule has 0 N–H and O–H groups in total. The van der Waals surface area contributed by atoms with Crippen LogP contribution in [-0.4, -0.2) is 50.9 Å². The van der Waals surface area contributed by atoms with Crippen molar-refractivity contribution < 1.29 is 47.8 Å². The lowest BCUT2D eigenvalue weighted by Gasteiger charge is -2.29. The summed E-state index contributed by atoms with van der Waals surface area (Å²) < 4.78 is 28.2. The molecular weight excluding hydrogens is 845 g/mol. The lowest BCUT2D eigenvalue weighted by atomic mass is 9.76. The summed E-state index contributed by atoms with van der Waals surface area (Å²) in [6.45, 7) is 12.1. The van der Waals surface area contributed by atoms with Crippen molar-refractivity contribution in [3.63, 3.8) is 0 Å². The second-order valence-electron chi connectivity index (χ2n) is 17.0. The van der Waals surface area contributed by atoms with Gasteiger partial charge in [-0.2, -0.15) is 4.89 Å². The highest BCUT2D eigenvalue weighted by atomic mass is 17.2. The van der Waals surface area contributed by atoms with E-state index in [2.05, 4.69) is 37.4 Å². The molecule has 8 rings (SSSR count). The monoisotopic (exact) mass is 898 g/mol. The molecule has 6 aromatic carbocycles. The number of esters is 3. The van der Waals surface area contributed by atoms with Crippen molar-refractivity contribution in [1.82, 2.24) is 0 Å². The lowest BCUT2D eigenvalue weighted by Crippen LogP contribution is -2.24. The van der Waals surface area contributed by atoms with Crippen LogP contribution in [0.1, 0.15) is 72.9 Å². The van der Waals surface area contributed by atoms with Crippen molar-refractivity contribution in [3.05, 3.63) is 179 Å². The normalized spacial score (nSPS) is 14.9. The maximum atomic E-state index is 13.5. The van der Waals surface area contributed by atoms with Gasteiger partial charge in [-0.25, -0.2) is 14.4 Å². The van der Waals surface area contributed by atoms with Gasteiger partial charge < -0.3 is 28.6 Å². The average Bonchev–Trinajstić information content (AvgIpc) is 3.91. The molecular formula is C57H54O10. The van der Waals surface area contributed by atoms with Gasteiger partial charge in [0.2, 0.25) is 0 Å². The van der Waals surface area contributed by atoms with Crippen LogP contribution in [0.5, 0.6) is 23.0 Å². The molecule has 2 aliphatic carbocycles. The number of rotatable bonds is 20. The van der Waals surface area contributed by atoms with Gasteiger partial charge in [-0.15, -0.1) is 0 Å². The van der Waals surface area contributed by atoms with Crippen LogP contribution in [-0.2, 0) is 47.0 Å². The quantitative estimate of drug-likeness (QED) is 0.0183. The zero-order chi connectivity index (χ0) is 46.8. The molecule has 67 heavy (non-hydrogen) atoms. The van der Waals surface area contributed by atoms with E-state index in [1.165, 1.54) is 17.2 Å². The molecule has 0 saturated heterocycles. The summed E-state index contributed by atoms with van der Waals surface area (Å²) in [5, 5.41) is 4.13. The van der Waals surface area contributed by atoms with E-state index in [-0.39, 0.29) is 31.2 Å². The van der Waals surface area contributed by atoms with E-state index >= 15 is 0 Å². The highest BCUT2D eigenvalue weighted by Crippen LogP contribution is 2.57. The number of hydrogen-bond acceptors (Lipinski definition) is 10. The Labute approximate surface area is 391 Å². The predicted octanol–water partition coefficient (Wildman–Crippen LogP) is 11.6. The van der Waals surface area contributed by atoms with Crippen molar-refractivity contribution in [1.29, 1.82) is 0 Å². The highest BCUT2D eigenvalue weighted by molar-refractivity contribution is 5.92. The first-order valence-corrected chi connectivity index (χ1v) is 22.7.